The number of carbonyl (C=O) groups excluding carboxylic acids is 1. The van der Waals surface area contributed by atoms with E-state index in [1.807, 2.05) is 41.9 Å². The highest BCUT2D eigenvalue weighted by Crippen LogP contribution is 2.34. The van der Waals surface area contributed by atoms with Gasteiger partial charge in [0.15, 0.2) is 0 Å². The molecule has 9 nitrogen and oxygen atoms in total. The van der Waals surface area contributed by atoms with Crippen LogP contribution in [-0.2, 0) is 27.0 Å². The SMILES string of the molecule is CSN(C)c1cccc(CNc2nc(Nc3ccc(OCCOCCOCCC=O)cc3)ncc2C(F)(F)F)c1. The zero-order chi connectivity index (χ0) is 28.8. The second kappa shape index (κ2) is 15.9. The normalized spacial score (nSPS) is 11.2. The maximum Gasteiger partial charge on any atom is 0.421 e. The molecule has 0 fully saturated rings. The molecule has 0 radical (unpaired) electrons. The van der Waals surface area contributed by atoms with Gasteiger partial charge in [0.1, 0.15) is 30.0 Å². The van der Waals surface area contributed by atoms with E-state index in [9.17, 15) is 18.0 Å². The molecule has 0 saturated carbocycles. The quantitative estimate of drug-likeness (QED) is 0.120. The summed E-state index contributed by atoms with van der Waals surface area (Å²) >= 11 is 1.53. The first-order valence-electron chi connectivity index (χ1n) is 12.4. The molecule has 0 amide bonds. The lowest BCUT2D eigenvalue weighted by atomic mass is 10.2. The monoisotopic (exact) mass is 579 g/mol. The highest BCUT2D eigenvalue weighted by Gasteiger charge is 2.35. The Kier molecular flexibility index (Phi) is 12.3. The zero-order valence-electron chi connectivity index (χ0n) is 22.2. The number of carbonyl (C=O) groups is 1. The summed E-state index contributed by atoms with van der Waals surface area (Å²) in [5.74, 6) is 0.299. The number of anilines is 4. The molecule has 0 bridgehead atoms. The van der Waals surface area contributed by atoms with E-state index in [-0.39, 0.29) is 18.3 Å². The highest BCUT2D eigenvalue weighted by molar-refractivity contribution is 7.99. The first kappa shape index (κ1) is 31.0. The van der Waals surface area contributed by atoms with Crippen molar-refractivity contribution < 1.29 is 32.2 Å². The van der Waals surface area contributed by atoms with Gasteiger partial charge in [0.05, 0.1) is 26.4 Å². The van der Waals surface area contributed by atoms with Crippen LogP contribution in [0.4, 0.5) is 36.3 Å². The number of aromatic nitrogens is 2. The third-order valence-electron chi connectivity index (χ3n) is 5.46. The lowest BCUT2D eigenvalue weighted by Gasteiger charge is -2.17. The van der Waals surface area contributed by atoms with Crippen molar-refractivity contribution in [3.05, 3.63) is 65.9 Å². The number of alkyl halides is 3. The van der Waals surface area contributed by atoms with E-state index >= 15 is 0 Å². The second-order valence-corrected chi connectivity index (χ2v) is 9.25. The number of hydrogen-bond acceptors (Lipinski definition) is 10. The van der Waals surface area contributed by atoms with Crippen LogP contribution in [0.25, 0.3) is 0 Å². The molecule has 3 rings (SSSR count). The van der Waals surface area contributed by atoms with Gasteiger partial charge in [-0.05, 0) is 42.0 Å². The van der Waals surface area contributed by atoms with Gasteiger partial charge < -0.3 is 33.9 Å². The van der Waals surface area contributed by atoms with Crippen molar-refractivity contribution in [3.63, 3.8) is 0 Å². The van der Waals surface area contributed by atoms with Crippen LogP contribution in [-0.4, -0.2) is 62.6 Å². The van der Waals surface area contributed by atoms with Crippen molar-refractivity contribution in [1.82, 2.24) is 9.97 Å². The van der Waals surface area contributed by atoms with Gasteiger partial charge in [-0.3, -0.25) is 0 Å². The van der Waals surface area contributed by atoms with Crippen LogP contribution < -0.4 is 19.7 Å². The molecule has 13 heteroatoms. The fraction of sp³-hybridized carbons (Fsp3) is 0.370. The molecule has 3 aromatic rings. The topological polar surface area (TPSA) is 97.8 Å². The molecule has 0 aliphatic heterocycles. The van der Waals surface area contributed by atoms with Crippen LogP contribution in [0.3, 0.4) is 0 Å². The Labute approximate surface area is 235 Å². The summed E-state index contributed by atoms with van der Waals surface area (Å²) in [4.78, 5) is 18.2. The highest BCUT2D eigenvalue weighted by atomic mass is 32.2. The molecule has 2 aromatic carbocycles. The fourth-order valence-electron chi connectivity index (χ4n) is 3.37. The molecule has 2 N–H and O–H groups in total. The minimum Gasteiger partial charge on any atom is -0.491 e. The van der Waals surface area contributed by atoms with Gasteiger partial charge in [-0.15, -0.1) is 0 Å². The minimum absolute atomic E-state index is 0.0174. The van der Waals surface area contributed by atoms with Crippen LogP contribution in [0, 0.1) is 0 Å². The van der Waals surface area contributed by atoms with Crippen LogP contribution in [0.5, 0.6) is 5.75 Å². The Balaban J connectivity index is 1.56. The molecular formula is C27H32F3N5O4S. The summed E-state index contributed by atoms with van der Waals surface area (Å²) in [5.41, 5.74) is 1.37. The number of nitrogens with zero attached hydrogens (tertiary/aromatic N) is 3. The summed E-state index contributed by atoms with van der Waals surface area (Å²) in [5, 5.41) is 5.75. The van der Waals surface area contributed by atoms with Crippen molar-refractivity contribution >= 4 is 41.4 Å². The van der Waals surface area contributed by atoms with Crippen molar-refractivity contribution in [2.45, 2.75) is 19.1 Å². The Bertz CT molecular complexity index is 1200. The second-order valence-electron chi connectivity index (χ2n) is 8.34. The standard InChI is InChI=1S/C27H32F3N5O4S/c1-35(40-2)22-6-3-5-20(17-22)18-31-25-24(27(28,29)30)19-32-26(34-25)33-21-7-9-23(10-8-21)39-16-15-38-14-13-37-12-4-11-36/h3,5-11,17,19H,4,12-16,18H2,1-2H3,(H2,31,32,33,34). The number of rotatable bonds is 17. The molecule has 0 atom stereocenters. The predicted molar refractivity (Wildman–Crippen MR) is 150 cm³/mol. The Hall–Kier alpha value is -3.55. The van der Waals surface area contributed by atoms with Crippen molar-refractivity contribution in [3.8, 4) is 5.75 Å². The number of halogens is 3. The van der Waals surface area contributed by atoms with E-state index in [4.69, 9.17) is 14.2 Å². The first-order chi connectivity index (χ1) is 19.3. The summed E-state index contributed by atoms with van der Waals surface area (Å²) in [7, 11) is 1.91. The Morgan fingerprint density at radius 2 is 1.75 bits per heavy atom. The molecule has 216 valence electrons. The molecule has 0 unspecified atom stereocenters. The van der Waals surface area contributed by atoms with Gasteiger partial charge in [-0.1, -0.05) is 24.1 Å². The van der Waals surface area contributed by atoms with Gasteiger partial charge in [-0.25, -0.2) is 4.98 Å². The molecule has 0 aliphatic carbocycles. The minimum atomic E-state index is -4.62. The zero-order valence-corrected chi connectivity index (χ0v) is 23.1. The maximum atomic E-state index is 13.6. The third kappa shape index (κ3) is 10.2. The largest absolute Gasteiger partial charge is 0.491 e. The Morgan fingerprint density at radius 1 is 1.02 bits per heavy atom. The van der Waals surface area contributed by atoms with Gasteiger partial charge >= 0.3 is 6.18 Å². The molecule has 0 aliphatic rings. The Morgan fingerprint density at radius 3 is 2.45 bits per heavy atom. The molecule has 1 aromatic heterocycles. The number of nitrogens with one attached hydrogen (secondary N) is 2. The predicted octanol–water partition coefficient (Wildman–Crippen LogP) is 5.57. The van der Waals surface area contributed by atoms with Gasteiger partial charge in [-0.2, -0.15) is 18.2 Å². The molecular weight excluding hydrogens is 547 g/mol. The van der Waals surface area contributed by atoms with E-state index in [0.717, 1.165) is 23.7 Å². The van der Waals surface area contributed by atoms with E-state index < -0.39 is 11.7 Å². The molecule has 40 heavy (non-hydrogen) atoms. The number of aldehydes is 1. The fourth-order valence-corrected chi connectivity index (χ4v) is 3.70. The van der Waals surface area contributed by atoms with Crippen molar-refractivity contribution in [1.29, 1.82) is 0 Å². The third-order valence-corrected chi connectivity index (χ3v) is 6.22. The number of hydrogen-bond donors (Lipinski definition) is 2. The van der Waals surface area contributed by atoms with E-state index in [1.54, 1.807) is 24.3 Å². The van der Waals surface area contributed by atoms with Crippen molar-refractivity contribution in [2.24, 2.45) is 0 Å². The maximum absolute atomic E-state index is 13.6. The van der Waals surface area contributed by atoms with Gasteiger partial charge in [0, 0.05) is 43.8 Å². The molecule has 0 spiro atoms. The average Bonchev–Trinajstić information content (AvgIpc) is 2.95. The van der Waals surface area contributed by atoms with Crippen molar-refractivity contribution in [2.75, 3.05) is 61.3 Å². The van der Waals surface area contributed by atoms with Crippen LogP contribution in [0.1, 0.15) is 17.5 Å². The van der Waals surface area contributed by atoms with E-state index in [2.05, 4.69) is 20.6 Å². The van der Waals surface area contributed by atoms with Crippen LogP contribution in [0.2, 0.25) is 0 Å². The first-order valence-corrected chi connectivity index (χ1v) is 13.6. The van der Waals surface area contributed by atoms with Gasteiger partial charge in [0.25, 0.3) is 0 Å². The summed E-state index contributed by atoms with van der Waals surface area (Å²) < 4.78 is 59.1. The summed E-state index contributed by atoms with van der Waals surface area (Å²) in [6.45, 7) is 2.03. The summed E-state index contributed by atoms with van der Waals surface area (Å²) in [6.07, 6.45) is -0.752. The van der Waals surface area contributed by atoms with Crippen LogP contribution in [0.15, 0.2) is 54.7 Å². The van der Waals surface area contributed by atoms with Gasteiger partial charge in [0.2, 0.25) is 5.95 Å². The van der Waals surface area contributed by atoms with E-state index in [1.165, 1.54) is 11.9 Å². The number of ether oxygens (including phenoxy) is 3. The average molecular weight is 580 g/mol. The lowest BCUT2D eigenvalue weighted by Crippen LogP contribution is -2.14. The number of benzene rings is 2. The molecule has 1 heterocycles. The molecule has 0 saturated heterocycles. The smallest absolute Gasteiger partial charge is 0.421 e. The van der Waals surface area contributed by atoms with Crippen LogP contribution >= 0.6 is 11.9 Å². The lowest BCUT2D eigenvalue weighted by molar-refractivity contribution is -0.137. The summed E-state index contributed by atoms with van der Waals surface area (Å²) in [6, 6.07) is 14.4. The van der Waals surface area contributed by atoms with E-state index in [0.29, 0.717) is 50.9 Å².